The van der Waals surface area contributed by atoms with Crippen LogP contribution in [0.3, 0.4) is 0 Å². The van der Waals surface area contributed by atoms with Crippen LogP contribution in [0.5, 0.6) is 0 Å². The van der Waals surface area contributed by atoms with Crippen LogP contribution < -0.4 is 5.32 Å². The number of benzene rings is 2. The van der Waals surface area contributed by atoms with Crippen LogP contribution >= 0.6 is 0 Å². The first-order chi connectivity index (χ1) is 11.0. The summed E-state index contributed by atoms with van der Waals surface area (Å²) in [5.41, 5.74) is 1.89. The third-order valence-corrected chi connectivity index (χ3v) is 3.38. The van der Waals surface area contributed by atoms with Gasteiger partial charge in [0, 0.05) is 0 Å². The highest BCUT2D eigenvalue weighted by Crippen LogP contribution is 2.13. The van der Waals surface area contributed by atoms with Crippen molar-refractivity contribution in [3.05, 3.63) is 71.0 Å². The van der Waals surface area contributed by atoms with E-state index in [1.807, 2.05) is 38.1 Å². The van der Waals surface area contributed by atoms with Gasteiger partial charge in [-0.2, -0.15) is 0 Å². The van der Waals surface area contributed by atoms with E-state index in [1.165, 1.54) is 18.2 Å². The fourth-order valence-electron chi connectivity index (χ4n) is 2.06. The lowest BCUT2D eigenvalue weighted by Crippen LogP contribution is -2.31. The molecule has 2 aromatic carbocycles. The van der Waals surface area contributed by atoms with Gasteiger partial charge in [-0.1, -0.05) is 42.0 Å². The summed E-state index contributed by atoms with van der Waals surface area (Å²) < 4.78 is 18.3. The third-order valence-electron chi connectivity index (χ3n) is 3.38. The maximum atomic E-state index is 13.4. The van der Waals surface area contributed by atoms with E-state index in [9.17, 15) is 14.0 Å². The summed E-state index contributed by atoms with van der Waals surface area (Å²) >= 11 is 0. The largest absolute Gasteiger partial charge is 0.452 e. The predicted molar refractivity (Wildman–Crippen MR) is 84.4 cm³/mol. The lowest BCUT2D eigenvalue weighted by molar-refractivity contribution is -0.124. The molecule has 0 aliphatic carbocycles. The average molecular weight is 315 g/mol. The summed E-state index contributed by atoms with van der Waals surface area (Å²) in [5, 5.41) is 2.73. The second-order valence-electron chi connectivity index (χ2n) is 5.26. The van der Waals surface area contributed by atoms with Crippen molar-refractivity contribution >= 4 is 11.9 Å². The summed E-state index contributed by atoms with van der Waals surface area (Å²) in [6, 6.07) is 13.0. The zero-order valence-corrected chi connectivity index (χ0v) is 13.0. The highest BCUT2D eigenvalue weighted by molar-refractivity contribution is 5.91. The fourth-order valence-corrected chi connectivity index (χ4v) is 2.06. The number of halogens is 1. The van der Waals surface area contributed by atoms with Gasteiger partial charge in [-0.25, -0.2) is 9.18 Å². The molecule has 2 aromatic rings. The fraction of sp³-hybridized carbons (Fsp3) is 0.222. The Hall–Kier alpha value is -2.69. The van der Waals surface area contributed by atoms with Crippen molar-refractivity contribution in [2.75, 3.05) is 6.61 Å². The Labute approximate surface area is 134 Å². The molecule has 0 aliphatic heterocycles. The molecule has 0 aromatic heterocycles. The number of esters is 1. The first kappa shape index (κ1) is 16.7. The second kappa shape index (κ2) is 7.54. The van der Waals surface area contributed by atoms with Gasteiger partial charge < -0.3 is 10.1 Å². The molecule has 4 nitrogen and oxygen atoms in total. The first-order valence-corrected chi connectivity index (χ1v) is 7.25. The van der Waals surface area contributed by atoms with Gasteiger partial charge in [0.15, 0.2) is 6.61 Å². The van der Waals surface area contributed by atoms with Crippen molar-refractivity contribution in [1.82, 2.24) is 5.32 Å². The molecule has 0 fully saturated rings. The molecule has 0 unspecified atom stereocenters. The number of ether oxygens (including phenoxy) is 1. The molecule has 5 heteroatoms. The van der Waals surface area contributed by atoms with E-state index in [-0.39, 0.29) is 11.6 Å². The molecule has 0 radical (unpaired) electrons. The number of carbonyl (C=O) groups is 2. The number of amides is 1. The Balaban J connectivity index is 1.86. The predicted octanol–water partition coefficient (Wildman–Crippen LogP) is 3.17. The van der Waals surface area contributed by atoms with Gasteiger partial charge in [-0.3, -0.25) is 4.79 Å². The van der Waals surface area contributed by atoms with Gasteiger partial charge in [-0.15, -0.1) is 0 Å². The highest BCUT2D eigenvalue weighted by atomic mass is 19.1. The molecule has 120 valence electrons. The maximum Gasteiger partial charge on any atom is 0.341 e. The minimum atomic E-state index is -0.860. The van der Waals surface area contributed by atoms with E-state index in [0.29, 0.717) is 0 Å². The molecule has 1 amide bonds. The molecule has 0 bridgehead atoms. The molecular weight excluding hydrogens is 297 g/mol. The highest BCUT2D eigenvalue weighted by Gasteiger charge is 2.15. The average Bonchev–Trinajstić information content (AvgIpc) is 2.53. The van der Waals surface area contributed by atoms with E-state index >= 15 is 0 Å². The normalized spacial score (nSPS) is 11.6. The summed E-state index contributed by atoms with van der Waals surface area (Å²) in [7, 11) is 0. The van der Waals surface area contributed by atoms with Crippen molar-refractivity contribution < 1.29 is 18.7 Å². The quantitative estimate of drug-likeness (QED) is 0.862. The number of hydrogen-bond donors (Lipinski definition) is 1. The van der Waals surface area contributed by atoms with E-state index in [1.54, 1.807) is 0 Å². The molecule has 0 saturated carbocycles. The van der Waals surface area contributed by atoms with Crippen molar-refractivity contribution in [2.24, 2.45) is 0 Å². The Kier molecular flexibility index (Phi) is 5.46. The molecule has 0 spiro atoms. The van der Waals surface area contributed by atoms with Crippen molar-refractivity contribution in [3.8, 4) is 0 Å². The van der Waals surface area contributed by atoms with Crippen LogP contribution in [0.25, 0.3) is 0 Å². The standard InChI is InChI=1S/C18H18FNO3/c1-12-7-9-14(10-8-12)13(2)20-17(21)11-23-18(22)15-5-3-4-6-16(15)19/h3-10,13H,11H2,1-2H3,(H,20,21)/t13-/m1/s1. The smallest absolute Gasteiger partial charge is 0.341 e. The lowest BCUT2D eigenvalue weighted by atomic mass is 10.1. The molecule has 1 atom stereocenters. The van der Waals surface area contributed by atoms with E-state index in [0.717, 1.165) is 17.2 Å². The van der Waals surface area contributed by atoms with Crippen LogP contribution in [0.2, 0.25) is 0 Å². The minimum absolute atomic E-state index is 0.188. The number of nitrogens with one attached hydrogen (secondary N) is 1. The van der Waals surface area contributed by atoms with Crippen LogP contribution in [0.4, 0.5) is 4.39 Å². The zero-order chi connectivity index (χ0) is 16.8. The number of aryl methyl sites for hydroxylation is 1. The molecule has 0 saturated heterocycles. The van der Waals surface area contributed by atoms with E-state index < -0.39 is 24.3 Å². The van der Waals surface area contributed by atoms with Crippen molar-refractivity contribution in [3.63, 3.8) is 0 Å². The van der Waals surface area contributed by atoms with Crippen LogP contribution in [0.1, 0.15) is 34.5 Å². The summed E-state index contributed by atoms with van der Waals surface area (Å²) in [6.07, 6.45) is 0. The maximum absolute atomic E-state index is 13.4. The zero-order valence-electron chi connectivity index (χ0n) is 13.0. The summed E-state index contributed by atoms with van der Waals surface area (Å²) in [5.74, 6) is -1.98. The van der Waals surface area contributed by atoms with E-state index in [2.05, 4.69) is 5.32 Å². The second-order valence-corrected chi connectivity index (χ2v) is 5.26. The lowest BCUT2D eigenvalue weighted by Gasteiger charge is -2.14. The monoisotopic (exact) mass is 315 g/mol. The summed E-state index contributed by atoms with van der Waals surface area (Å²) in [4.78, 5) is 23.6. The first-order valence-electron chi connectivity index (χ1n) is 7.25. The molecule has 0 heterocycles. The van der Waals surface area contributed by atoms with Gasteiger partial charge >= 0.3 is 5.97 Å². The van der Waals surface area contributed by atoms with Gasteiger partial charge in [0.25, 0.3) is 5.91 Å². The third kappa shape index (κ3) is 4.64. The molecule has 0 aliphatic rings. The summed E-state index contributed by atoms with van der Waals surface area (Å²) in [6.45, 7) is 3.36. The Morgan fingerprint density at radius 2 is 1.78 bits per heavy atom. The molecule has 1 N–H and O–H groups in total. The number of rotatable bonds is 5. The molecular formula is C18H18FNO3. The minimum Gasteiger partial charge on any atom is -0.452 e. The number of carbonyl (C=O) groups excluding carboxylic acids is 2. The molecule has 2 rings (SSSR count). The Morgan fingerprint density at radius 3 is 2.43 bits per heavy atom. The van der Waals surface area contributed by atoms with Crippen LogP contribution in [-0.2, 0) is 9.53 Å². The SMILES string of the molecule is Cc1ccc([C@@H](C)NC(=O)COC(=O)c2ccccc2F)cc1. The van der Waals surface area contributed by atoms with Crippen LogP contribution in [-0.4, -0.2) is 18.5 Å². The molecule has 23 heavy (non-hydrogen) atoms. The Morgan fingerprint density at radius 1 is 1.13 bits per heavy atom. The van der Waals surface area contributed by atoms with Crippen LogP contribution in [0, 0.1) is 12.7 Å². The topological polar surface area (TPSA) is 55.4 Å². The van der Waals surface area contributed by atoms with Crippen molar-refractivity contribution in [2.45, 2.75) is 19.9 Å². The van der Waals surface area contributed by atoms with E-state index in [4.69, 9.17) is 4.74 Å². The van der Waals surface area contributed by atoms with Crippen LogP contribution in [0.15, 0.2) is 48.5 Å². The van der Waals surface area contributed by atoms with Gasteiger partial charge in [0.1, 0.15) is 5.82 Å². The van der Waals surface area contributed by atoms with Gasteiger partial charge in [0.05, 0.1) is 11.6 Å². The Bertz CT molecular complexity index is 698. The number of hydrogen-bond acceptors (Lipinski definition) is 3. The van der Waals surface area contributed by atoms with Gasteiger partial charge in [0.2, 0.25) is 0 Å². The van der Waals surface area contributed by atoms with Gasteiger partial charge in [-0.05, 0) is 31.5 Å². The van der Waals surface area contributed by atoms with Crippen molar-refractivity contribution in [1.29, 1.82) is 0 Å².